The molecule has 2 aromatic rings. The molecule has 2 aliphatic heterocycles. The van der Waals surface area contributed by atoms with Crippen LogP contribution >= 0.6 is 0 Å². The third kappa shape index (κ3) is 35.8. The molecule has 2 radical (unpaired) electrons. The van der Waals surface area contributed by atoms with E-state index < -0.39 is 0 Å². The SMILES string of the molecule is C1CCCC1.C1CCCC1.C1CCCC1.C1CCCC1.C1CCOC1.C1CCOC1.Nc1ccccc1[S-].Nc1ccccc1[S-].[Yb+3].[Yb+3]. The van der Waals surface area contributed by atoms with E-state index in [-0.39, 0.29) is 93.8 Å². The van der Waals surface area contributed by atoms with Gasteiger partial charge in [-0.25, -0.2) is 0 Å². The number of anilines is 2. The Morgan fingerprint density at radius 2 is 0.521 bits per heavy atom. The van der Waals surface area contributed by atoms with E-state index in [4.69, 9.17) is 46.2 Å². The summed E-state index contributed by atoms with van der Waals surface area (Å²) in [5.41, 5.74) is 12.2. The first-order valence-corrected chi connectivity index (χ1v) is 19.6. The van der Waals surface area contributed by atoms with Crippen molar-refractivity contribution in [1.82, 2.24) is 0 Å². The Morgan fingerprint density at radius 1 is 0.333 bits per heavy atom. The normalized spacial score (nSPS) is 18.0. The van der Waals surface area contributed by atoms with Gasteiger partial charge in [-0.2, -0.15) is 9.79 Å². The fourth-order valence-corrected chi connectivity index (χ4v) is 5.81. The summed E-state index contributed by atoms with van der Waals surface area (Å²) in [7, 11) is 0. The number of nitrogen functional groups attached to an aromatic ring is 2. The predicted octanol–water partition coefficient (Wildman–Crippen LogP) is 11.7. The van der Waals surface area contributed by atoms with Crippen LogP contribution in [-0.4, -0.2) is 26.4 Å². The predicted molar refractivity (Wildman–Crippen MR) is 205 cm³/mol. The molecule has 0 spiro atoms. The zero-order chi connectivity index (χ0) is 33.2. The van der Waals surface area contributed by atoms with E-state index >= 15 is 0 Å². The van der Waals surface area contributed by atoms with Crippen LogP contribution in [0.1, 0.15) is 154 Å². The van der Waals surface area contributed by atoms with Crippen molar-refractivity contribution in [1.29, 1.82) is 0 Å². The molecule has 0 amide bonds. The molecule has 2 saturated heterocycles. The molecule has 48 heavy (non-hydrogen) atoms. The standard InChI is InChI=1S/2C6H7NS.4C5H10.2C4H8O.2Yb/c2*7-5-3-1-2-4-6(5)8;6*1-2-4-5-3-1;;/h2*1-4,8H,7H2;4*1-5H2;2*1-4H2;;/q;;;;;;;;2*+3/p-2. The van der Waals surface area contributed by atoms with Crippen molar-refractivity contribution in [3.05, 3.63) is 48.5 Å². The van der Waals surface area contributed by atoms with E-state index in [0.717, 1.165) is 36.2 Å². The maximum atomic E-state index is 5.42. The van der Waals surface area contributed by atoms with Gasteiger partial charge in [0.1, 0.15) is 0 Å². The van der Waals surface area contributed by atoms with Crippen LogP contribution in [-0.2, 0) is 34.7 Å². The van der Waals surface area contributed by atoms with Crippen molar-refractivity contribution < 1.29 is 103 Å². The molecule has 8 heteroatoms. The zero-order valence-corrected chi connectivity index (χ0v) is 34.8. The van der Waals surface area contributed by atoms with Crippen LogP contribution in [0, 0.1) is 93.8 Å². The van der Waals surface area contributed by atoms with E-state index in [1.807, 2.05) is 36.4 Å². The summed E-state index contributed by atoms with van der Waals surface area (Å²) in [6.45, 7) is 4.00. The topological polar surface area (TPSA) is 70.5 Å². The van der Waals surface area contributed by atoms with Gasteiger partial charge in [0.15, 0.2) is 0 Å². The Kier molecular flexibility index (Phi) is 44.2. The van der Waals surface area contributed by atoms with Gasteiger partial charge >= 0.3 is 93.8 Å². The second-order valence-electron chi connectivity index (χ2n) is 12.8. The van der Waals surface area contributed by atoms with Gasteiger partial charge in [-0.3, -0.25) is 0 Å². The number of hydrogen-bond donors (Lipinski definition) is 2. The van der Waals surface area contributed by atoms with Crippen molar-refractivity contribution in [3.8, 4) is 0 Å². The van der Waals surface area contributed by atoms with Crippen LogP contribution in [0.5, 0.6) is 0 Å². The maximum Gasteiger partial charge on any atom is 3.00 e. The Bertz CT molecular complexity index is 694. The maximum absolute atomic E-state index is 5.42. The van der Waals surface area contributed by atoms with Gasteiger partial charge in [0.25, 0.3) is 0 Å². The van der Waals surface area contributed by atoms with Crippen LogP contribution in [0.25, 0.3) is 0 Å². The minimum Gasteiger partial charge on any atom is -0.778 e. The first-order chi connectivity index (χ1) is 22.6. The number of hydrogen-bond acceptors (Lipinski definition) is 6. The molecule has 0 unspecified atom stereocenters. The number of benzene rings is 2. The van der Waals surface area contributed by atoms with Crippen molar-refractivity contribution >= 4 is 36.6 Å². The van der Waals surface area contributed by atoms with Gasteiger partial charge in [0.2, 0.25) is 0 Å². The molecule has 4 saturated carbocycles. The number of ether oxygens (including phenoxy) is 2. The number of nitrogens with two attached hydrogens (primary N) is 2. The molecular formula is C40H68N2O2S2Yb2+4. The van der Waals surface area contributed by atoms with Crippen molar-refractivity contribution in [3.63, 3.8) is 0 Å². The third-order valence-electron chi connectivity index (χ3n) is 8.49. The molecule has 2 heterocycles. The minimum absolute atomic E-state index is 0. The number of para-hydroxylation sites is 2. The van der Waals surface area contributed by atoms with Gasteiger partial charge < -0.3 is 46.2 Å². The fraction of sp³-hybridized carbons (Fsp3) is 0.700. The molecule has 4 aliphatic carbocycles. The Hall–Kier alpha value is 1.44. The van der Waals surface area contributed by atoms with Gasteiger partial charge in [-0.05, 0) is 37.8 Å². The molecule has 4 nitrogen and oxygen atoms in total. The Morgan fingerprint density at radius 3 is 0.625 bits per heavy atom. The summed E-state index contributed by atoms with van der Waals surface area (Å²) in [6.07, 6.45) is 35.1. The van der Waals surface area contributed by atoms with Gasteiger partial charge in [0.05, 0.1) is 0 Å². The molecule has 286 valence electrons. The molecule has 0 aromatic heterocycles. The first kappa shape index (κ1) is 51.5. The Balaban J connectivity index is 0. The molecule has 6 fully saturated rings. The second kappa shape index (κ2) is 41.2. The first-order valence-electron chi connectivity index (χ1n) is 18.8. The van der Waals surface area contributed by atoms with Gasteiger partial charge in [-0.15, -0.1) is 0 Å². The molecule has 0 bridgehead atoms. The van der Waals surface area contributed by atoms with Crippen molar-refractivity contribution in [2.24, 2.45) is 0 Å². The van der Waals surface area contributed by atoms with Crippen LogP contribution in [0.2, 0.25) is 0 Å². The average Bonchev–Trinajstić information content (AvgIpc) is 3.97. The van der Waals surface area contributed by atoms with Crippen LogP contribution in [0.3, 0.4) is 0 Å². The van der Waals surface area contributed by atoms with Crippen molar-refractivity contribution in [2.75, 3.05) is 37.9 Å². The molecule has 0 atom stereocenters. The molecular weight excluding hydrogens is 951 g/mol. The summed E-state index contributed by atoms with van der Waals surface area (Å²) in [6, 6.07) is 14.7. The van der Waals surface area contributed by atoms with E-state index in [2.05, 4.69) is 0 Å². The monoisotopic (exact) mass is 1020 g/mol. The van der Waals surface area contributed by atoms with E-state index in [0.29, 0.717) is 11.4 Å². The summed E-state index contributed by atoms with van der Waals surface area (Å²) in [4.78, 5) is 1.46. The van der Waals surface area contributed by atoms with Crippen LogP contribution < -0.4 is 11.5 Å². The van der Waals surface area contributed by atoms with Gasteiger partial charge in [-0.1, -0.05) is 165 Å². The second-order valence-corrected chi connectivity index (χ2v) is 13.7. The zero-order valence-electron chi connectivity index (χ0n) is 29.7. The average molecular weight is 1020 g/mol. The van der Waals surface area contributed by atoms with Crippen LogP contribution in [0.4, 0.5) is 11.4 Å². The summed E-state index contributed by atoms with van der Waals surface area (Å²) in [5, 5.41) is 0. The summed E-state index contributed by atoms with van der Waals surface area (Å²) < 4.78 is 9.89. The quantitative estimate of drug-likeness (QED) is 0.202. The van der Waals surface area contributed by atoms with Crippen molar-refractivity contribution in [2.45, 2.75) is 164 Å². The molecule has 4 N–H and O–H groups in total. The Labute approximate surface area is 384 Å². The summed E-state index contributed by atoms with van der Waals surface area (Å²) in [5.74, 6) is 0. The largest absolute Gasteiger partial charge is 3.00 e. The molecule has 8 rings (SSSR count). The summed E-state index contributed by atoms with van der Waals surface area (Å²) >= 11 is 9.66. The number of rotatable bonds is 0. The molecule has 6 aliphatic rings. The van der Waals surface area contributed by atoms with E-state index in [1.165, 1.54) is 154 Å². The fourth-order valence-electron chi connectivity index (χ4n) is 5.52. The minimum atomic E-state index is 0. The van der Waals surface area contributed by atoms with E-state index in [1.54, 1.807) is 12.1 Å². The third-order valence-corrected chi connectivity index (χ3v) is 9.24. The van der Waals surface area contributed by atoms with Crippen LogP contribution in [0.15, 0.2) is 58.3 Å². The van der Waals surface area contributed by atoms with Gasteiger partial charge in [0, 0.05) is 37.8 Å². The molecule has 2 aromatic carbocycles. The van der Waals surface area contributed by atoms with E-state index in [9.17, 15) is 0 Å². The smallest absolute Gasteiger partial charge is 0.778 e.